The van der Waals surface area contributed by atoms with Crippen LogP contribution in [0.3, 0.4) is 0 Å². The van der Waals surface area contributed by atoms with Gasteiger partial charge in [0, 0.05) is 17.3 Å². The van der Waals surface area contributed by atoms with Crippen LogP contribution in [-0.2, 0) is 0 Å². The van der Waals surface area contributed by atoms with E-state index in [4.69, 9.17) is 0 Å². The summed E-state index contributed by atoms with van der Waals surface area (Å²) in [6.45, 7) is 1.73. The zero-order valence-electron chi connectivity index (χ0n) is 7.90. The Morgan fingerprint density at radius 2 is 2.07 bits per heavy atom. The molecule has 76 valence electrons. The van der Waals surface area contributed by atoms with Crippen LogP contribution in [0.1, 0.15) is 5.69 Å². The Hall–Kier alpha value is -2.04. The zero-order valence-corrected chi connectivity index (χ0v) is 7.90. The van der Waals surface area contributed by atoms with Crippen LogP contribution in [0.15, 0.2) is 24.4 Å². The summed E-state index contributed by atoms with van der Waals surface area (Å²) < 4.78 is 13.2. The van der Waals surface area contributed by atoms with Gasteiger partial charge < -0.3 is 0 Å². The first-order valence-electron chi connectivity index (χ1n) is 4.29. The Balaban J connectivity index is 2.94. The van der Waals surface area contributed by atoms with Gasteiger partial charge >= 0.3 is 5.69 Å². The van der Waals surface area contributed by atoms with Gasteiger partial charge in [-0.2, -0.15) is 4.39 Å². The number of hydrogen-bond acceptors (Lipinski definition) is 3. The van der Waals surface area contributed by atoms with Gasteiger partial charge in [-0.05, 0) is 25.1 Å². The number of aryl methyl sites for hydroxylation is 1. The summed E-state index contributed by atoms with van der Waals surface area (Å²) in [6, 6.07) is 4.04. The summed E-state index contributed by atoms with van der Waals surface area (Å²) in [7, 11) is 0. The molecule has 0 unspecified atom stereocenters. The fourth-order valence-corrected chi connectivity index (χ4v) is 1.54. The largest absolute Gasteiger partial charge is 0.312 e. The molecule has 0 amide bonds. The van der Waals surface area contributed by atoms with Gasteiger partial charge in [-0.15, -0.1) is 0 Å². The average molecular weight is 206 g/mol. The lowest BCUT2D eigenvalue weighted by Gasteiger charge is -2.02. The van der Waals surface area contributed by atoms with Crippen LogP contribution in [0.2, 0.25) is 0 Å². The van der Waals surface area contributed by atoms with E-state index in [-0.39, 0.29) is 5.39 Å². The molecule has 1 aromatic heterocycles. The third-order valence-corrected chi connectivity index (χ3v) is 2.25. The summed E-state index contributed by atoms with van der Waals surface area (Å²) >= 11 is 0. The third kappa shape index (κ3) is 1.41. The highest BCUT2D eigenvalue weighted by atomic mass is 19.1. The van der Waals surface area contributed by atoms with Gasteiger partial charge in [0.2, 0.25) is 5.82 Å². The number of nitro benzene ring substituents is 1. The lowest BCUT2D eigenvalue weighted by molar-refractivity contribution is -0.385. The summed E-state index contributed by atoms with van der Waals surface area (Å²) in [5.41, 5.74) is 0.161. The second-order valence-electron chi connectivity index (χ2n) is 3.14. The second kappa shape index (κ2) is 3.27. The van der Waals surface area contributed by atoms with E-state index in [1.165, 1.54) is 18.3 Å². The van der Waals surface area contributed by atoms with Crippen molar-refractivity contribution in [2.75, 3.05) is 0 Å². The SMILES string of the molecule is Cc1nccc2c([N+](=O)[O-])c(F)ccc12. The average Bonchev–Trinajstić information content (AvgIpc) is 2.17. The second-order valence-corrected chi connectivity index (χ2v) is 3.14. The van der Waals surface area contributed by atoms with E-state index in [0.29, 0.717) is 11.1 Å². The topological polar surface area (TPSA) is 56.0 Å². The van der Waals surface area contributed by atoms with Crippen molar-refractivity contribution in [3.63, 3.8) is 0 Å². The lowest BCUT2D eigenvalue weighted by Crippen LogP contribution is -1.95. The molecular weight excluding hydrogens is 199 g/mol. The molecule has 2 rings (SSSR count). The predicted molar refractivity (Wildman–Crippen MR) is 53.1 cm³/mol. The van der Waals surface area contributed by atoms with Gasteiger partial charge in [-0.3, -0.25) is 15.1 Å². The van der Waals surface area contributed by atoms with E-state index >= 15 is 0 Å². The smallest absolute Gasteiger partial charge is 0.261 e. The monoisotopic (exact) mass is 206 g/mol. The molecule has 0 fully saturated rings. The van der Waals surface area contributed by atoms with Gasteiger partial charge in [-0.25, -0.2) is 0 Å². The highest BCUT2D eigenvalue weighted by Crippen LogP contribution is 2.29. The number of benzene rings is 1. The first-order chi connectivity index (χ1) is 7.11. The maximum Gasteiger partial charge on any atom is 0.312 e. The standard InChI is InChI=1S/C10H7FN2O2/c1-6-7-2-3-9(11)10(13(14)15)8(7)4-5-12-6/h2-5H,1H3. The molecule has 0 saturated carbocycles. The van der Waals surface area contributed by atoms with E-state index < -0.39 is 16.4 Å². The molecule has 0 aliphatic heterocycles. The van der Waals surface area contributed by atoms with Gasteiger partial charge in [0.05, 0.1) is 10.3 Å². The van der Waals surface area contributed by atoms with Crippen LogP contribution in [0.5, 0.6) is 0 Å². The van der Waals surface area contributed by atoms with E-state index in [2.05, 4.69) is 4.98 Å². The Kier molecular flexibility index (Phi) is 2.07. The zero-order chi connectivity index (χ0) is 11.0. The van der Waals surface area contributed by atoms with Gasteiger partial charge in [0.25, 0.3) is 0 Å². The summed E-state index contributed by atoms with van der Waals surface area (Å²) in [5, 5.41) is 11.6. The van der Waals surface area contributed by atoms with E-state index in [1.54, 1.807) is 6.92 Å². The van der Waals surface area contributed by atoms with E-state index in [1.807, 2.05) is 0 Å². The van der Waals surface area contributed by atoms with Crippen LogP contribution in [0, 0.1) is 22.9 Å². The summed E-state index contributed by atoms with van der Waals surface area (Å²) in [4.78, 5) is 14.0. The highest BCUT2D eigenvalue weighted by Gasteiger charge is 2.18. The third-order valence-electron chi connectivity index (χ3n) is 2.25. The Bertz CT molecular complexity index is 554. The Labute approximate surface area is 84.5 Å². The van der Waals surface area contributed by atoms with Crippen molar-refractivity contribution in [3.8, 4) is 0 Å². The molecule has 4 nitrogen and oxygen atoms in total. The quantitative estimate of drug-likeness (QED) is 0.532. The number of halogens is 1. The molecule has 0 saturated heterocycles. The first-order valence-corrected chi connectivity index (χ1v) is 4.29. The van der Waals surface area contributed by atoms with Gasteiger partial charge in [0.1, 0.15) is 0 Å². The molecule has 5 heteroatoms. The number of aromatic nitrogens is 1. The molecule has 15 heavy (non-hydrogen) atoms. The summed E-state index contributed by atoms with van der Waals surface area (Å²) in [5.74, 6) is -0.821. The number of hydrogen-bond donors (Lipinski definition) is 0. The molecule has 0 bridgehead atoms. The van der Waals surface area contributed by atoms with Crippen LogP contribution >= 0.6 is 0 Å². The fourth-order valence-electron chi connectivity index (χ4n) is 1.54. The maximum atomic E-state index is 13.2. The molecule has 0 aliphatic carbocycles. The fraction of sp³-hybridized carbons (Fsp3) is 0.100. The molecule has 1 heterocycles. The van der Waals surface area contributed by atoms with Crippen molar-refractivity contribution in [2.24, 2.45) is 0 Å². The molecule has 0 atom stereocenters. The highest BCUT2D eigenvalue weighted by molar-refractivity contribution is 5.92. The molecular formula is C10H7FN2O2. The van der Waals surface area contributed by atoms with Crippen molar-refractivity contribution < 1.29 is 9.31 Å². The van der Waals surface area contributed by atoms with E-state index in [9.17, 15) is 14.5 Å². The number of nitro groups is 1. The molecule has 2 aromatic rings. The molecule has 0 aliphatic rings. The van der Waals surface area contributed by atoms with Crippen molar-refractivity contribution in [3.05, 3.63) is 46.0 Å². The number of rotatable bonds is 1. The van der Waals surface area contributed by atoms with Crippen molar-refractivity contribution >= 4 is 16.5 Å². The minimum Gasteiger partial charge on any atom is -0.261 e. The first kappa shape index (κ1) is 9.51. The minimum atomic E-state index is -0.821. The van der Waals surface area contributed by atoms with Crippen LogP contribution < -0.4 is 0 Å². The molecule has 0 N–H and O–H groups in total. The predicted octanol–water partition coefficient (Wildman–Crippen LogP) is 2.59. The van der Waals surface area contributed by atoms with Crippen LogP contribution in [0.4, 0.5) is 10.1 Å². The Morgan fingerprint density at radius 1 is 1.33 bits per heavy atom. The van der Waals surface area contributed by atoms with Crippen LogP contribution in [-0.4, -0.2) is 9.91 Å². The number of fused-ring (bicyclic) bond motifs is 1. The summed E-state index contributed by atoms with van der Waals surface area (Å²) in [6.07, 6.45) is 1.43. The molecule has 0 radical (unpaired) electrons. The minimum absolute atomic E-state index is 0.285. The maximum absolute atomic E-state index is 13.2. The van der Waals surface area contributed by atoms with E-state index in [0.717, 1.165) is 6.07 Å². The number of nitrogens with zero attached hydrogens (tertiary/aromatic N) is 2. The van der Waals surface area contributed by atoms with Crippen LogP contribution in [0.25, 0.3) is 10.8 Å². The molecule has 0 spiro atoms. The van der Waals surface area contributed by atoms with Crippen molar-refractivity contribution in [1.29, 1.82) is 0 Å². The lowest BCUT2D eigenvalue weighted by atomic mass is 10.1. The van der Waals surface area contributed by atoms with Gasteiger partial charge in [-0.1, -0.05) is 0 Å². The normalized spacial score (nSPS) is 10.5. The number of pyridine rings is 1. The Morgan fingerprint density at radius 3 is 2.73 bits per heavy atom. The van der Waals surface area contributed by atoms with Gasteiger partial charge in [0.15, 0.2) is 0 Å². The van der Waals surface area contributed by atoms with Crippen molar-refractivity contribution in [1.82, 2.24) is 4.98 Å². The van der Waals surface area contributed by atoms with Crippen molar-refractivity contribution in [2.45, 2.75) is 6.92 Å². The molecule has 1 aromatic carbocycles.